The molecule has 3 aromatic rings. The van der Waals surface area contributed by atoms with E-state index in [4.69, 9.17) is 21.3 Å². The zero-order valence-corrected chi connectivity index (χ0v) is 13.3. The number of nitriles is 1. The molecule has 0 aliphatic carbocycles. The van der Waals surface area contributed by atoms with Crippen LogP contribution in [0.3, 0.4) is 0 Å². The van der Waals surface area contributed by atoms with Gasteiger partial charge in [-0.05, 0) is 31.5 Å². The lowest BCUT2D eigenvalue weighted by Crippen LogP contribution is -2.13. The molecule has 0 saturated heterocycles. The van der Waals surface area contributed by atoms with Crippen LogP contribution in [0.4, 0.5) is 5.82 Å². The van der Waals surface area contributed by atoms with E-state index >= 15 is 0 Å². The van der Waals surface area contributed by atoms with Gasteiger partial charge in [-0.15, -0.1) is 0 Å². The molecule has 1 amide bonds. The monoisotopic (exact) mass is 328 g/mol. The van der Waals surface area contributed by atoms with E-state index in [2.05, 4.69) is 10.4 Å². The van der Waals surface area contributed by atoms with Crippen molar-refractivity contribution < 1.29 is 9.21 Å². The first kappa shape index (κ1) is 15.1. The van der Waals surface area contributed by atoms with Gasteiger partial charge in [0.05, 0.1) is 6.07 Å². The van der Waals surface area contributed by atoms with E-state index in [9.17, 15) is 4.79 Å². The maximum atomic E-state index is 12.4. The number of carbonyl (C=O) groups excluding carboxylic acids is 1. The van der Waals surface area contributed by atoms with Crippen LogP contribution in [0.1, 0.15) is 21.7 Å². The summed E-state index contributed by atoms with van der Waals surface area (Å²) < 4.78 is 7.10. The highest BCUT2D eigenvalue weighted by Gasteiger charge is 2.19. The molecule has 6 nitrogen and oxygen atoms in total. The van der Waals surface area contributed by atoms with Gasteiger partial charge in [0.2, 0.25) is 0 Å². The number of anilines is 1. The van der Waals surface area contributed by atoms with Crippen molar-refractivity contribution in [2.75, 3.05) is 5.32 Å². The molecule has 7 heteroatoms. The molecule has 23 heavy (non-hydrogen) atoms. The molecule has 0 fully saturated rings. The van der Waals surface area contributed by atoms with Gasteiger partial charge in [-0.3, -0.25) is 9.48 Å². The third-order valence-electron chi connectivity index (χ3n) is 3.54. The van der Waals surface area contributed by atoms with Crippen LogP contribution in [0.5, 0.6) is 0 Å². The van der Waals surface area contributed by atoms with Crippen molar-refractivity contribution in [3.8, 4) is 6.07 Å². The van der Waals surface area contributed by atoms with Gasteiger partial charge in [-0.1, -0.05) is 11.6 Å². The predicted octanol–water partition coefficient (Wildman–Crippen LogP) is 3.68. The fourth-order valence-corrected chi connectivity index (χ4v) is 2.48. The Morgan fingerprint density at radius 3 is 3.00 bits per heavy atom. The molecule has 0 aliphatic rings. The highest BCUT2D eigenvalue weighted by atomic mass is 35.5. The van der Waals surface area contributed by atoms with Crippen molar-refractivity contribution in [2.24, 2.45) is 0 Å². The third kappa shape index (κ3) is 2.79. The number of rotatable bonds is 3. The van der Waals surface area contributed by atoms with Crippen LogP contribution in [-0.4, -0.2) is 15.7 Å². The van der Waals surface area contributed by atoms with Gasteiger partial charge in [-0.25, -0.2) is 0 Å². The number of aromatic nitrogens is 2. The van der Waals surface area contributed by atoms with Crippen molar-refractivity contribution >= 4 is 34.3 Å². The SMILES string of the molecule is Cc1cc2oc(C(=O)Nc3ccn(CC#N)n3)c(C)c2cc1Cl. The van der Waals surface area contributed by atoms with E-state index in [0.717, 1.165) is 16.5 Å². The van der Waals surface area contributed by atoms with Crippen LogP contribution in [0.25, 0.3) is 11.0 Å². The predicted molar refractivity (Wildman–Crippen MR) is 86.5 cm³/mol. The summed E-state index contributed by atoms with van der Waals surface area (Å²) in [4.78, 5) is 12.4. The molecule has 2 heterocycles. The summed E-state index contributed by atoms with van der Waals surface area (Å²) in [7, 11) is 0. The number of benzene rings is 1. The number of nitrogens with zero attached hydrogens (tertiary/aromatic N) is 3. The molecule has 2 aromatic heterocycles. The molecule has 0 atom stereocenters. The lowest BCUT2D eigenvalue weighted by atomic mass is 10.1. The average molecular weight is 329 g/mol. The van der Waals surface area contributed by atoms with E-state index in [1.807, 2.05) is 19.1 Å². The second-order valence-corrected chi connectivity index (χ2v) is 5.57. The van der Waals surface area contributed by atoms with Crippen molar-refractivity contribution in [1.29, 1.82) is 5.26 Å². The third-order valence-corrected chi connectivity index (χ3v) is 3.95. The number of halogens is 1. The molecule has 0 radical (unpaired) electrons. The summed E-state index contributed by atoms with van der Waals surface area (Å²) >= 11 is 6.13. The fourth-order valence-electron chi connectivity index (χ4n) is 2.32. The van der Waals surface area contributed by atoms with Crippen LogP contribution < -0.4 is 5.32 Å². The molecule has 0 aliphatic heterocycles. The van der Waals surface area contributed by atoms with E-state index in [1.165, 1.54) is 4.68 Å². The Morgan fingerprint density at radius 1 is 1.48 bits per heavy atom. The maximum Gasteiger partial charge on any atom is 0.292 e. The number of aryl methyl sites for hydroxylation is 2. The molecule has 1 N–H and O–H groups in total. The van der Waals surface area contributed by atoms with E-state index in [0.29, 0.717) is 16.4 Å². The Kier molecular flexibility index (Phi) is 3.80. The van der Waals surface area contributed by atoms with Crippen LogP contribution in [0, 0.1) is 25.2 Å². The molecule has 0 bridgehead atoms. The number of nitrogens with one attached hydrogen (secondary N) is 1. The summed E-state index contributed by atoms with van der Waals surface area (Å²) in [6, 6.07) is 7.20. The fraction of sp³-hybridized carbons (Fsp3) is 0.188. The summed E-state index contributed by atoms with van der Waals surface area (Å²) in [5.74, 6) is 0.186. The summed E-state index contributed by atoms with van der Waals surface area (Å²) in [6.07, 6.45) is 1.62. The Balaban J connectivity index is 1.91. The Morgan fingerprint density at radius 2 is 2.26 bits per heavy atom. The Bertz CT molecular complexity index is 949. The second-order valence-electron chi connectivity index (χ2n) is 5.16. The van der Waals surface area contributed by atoms with Crippen LogP contribution in [-0.2, 0) is 6.54 Å². The minimum Gasteiger partial charge on any atom is -0.451 e. The van der Waals surface area contributed by atoms with Crippen LogP contribution in [0.2, 0.25) is 5.02 Å². The largest absolute Gasteiger partial charge is 0.451 e. The van der Waals surface area contributed by atoms with E-state index in [-0.39, 0.29) is 12.3 Å². The zero-order chi connectivity index (χ0) is 16.6. The van der Waals surface area contributed by atoms with Gasteiger partial charge in [0.25, 0.3) is 5.91 Å². The summed E-state index contributed by atoms with van der Waals surface area (Å²) in [5, 5.41) is 16.8. The molecule has 1 aromatic carbocycles. The molecule has 3 rings (SSSR count). The normalized spacial score (nSPS) is 10.7. The number of hydrogen-bond donors (Lipinski definition) is 1. The summed E-state index contributed by atoms with van der Waals surface area (Å²) in [6.45, 7) is 3.80. The molecular formula is C16H13ClN4O2. The Labute approximate surface area is 137 Å². The summed E-state index contributed by atoms with van der Waals surface area (Å²) in [5.41, 5.74) is 2.22. The lowest BCUT2D eigenvalue weighted by molar-refractivity contribution is 0.0997. The molecule has 116 valence electrons. The number of fused-ring (bicyclic) bond motifs is 1. The number of carbonyl (C=O) groups is 1. The van der Waals surface area contributed by atoms with Crippen molar-refractivity contribution in [3.63, 3.8) is 0 Å². The second kappa shape index (κ2) is 5.78. The minimum atomic E-state index is -0.394. The first-order chi connectivity index (χ1) is 11.0. The van der Waals surface area contributed by atoms with Gasteiger partial charge >= 0.3 is 0 Å². The topological polar surface area (TPSA) is 83.9 Å². The highest BCUT2D eigenvalue weighted by Crippen LogP contribution is 2.30. The molecule has 0 saturated carbocycles. The van der Waals surface area contributed by atoms with Gasteiger partial charge in [-0.2, -0.15) is 10.4 Å². The number of amides is 1. The van der Waals surface area contributed by atoms with Gasteiger partial charge in [0.15, 0.2) is 11.6 Å². The average Bonchev–Trinajstić information content (AvgIpc) is 3.06. The van der Waals surface area contributed by atoms with E-state index < -0.39 is 5.91 Å². The maximum absolute atomic E-state index is 12.4. The number of furan rings is 1. The highest BCUT2D eigenvalue weighted by molar-refractivity contribution is 6.32. The quantitative estimate of drug-likeness (QED) is 0.795. The van der Waals surface area contributed by atoms with Crippen LogP contribution in [0.15, 0.2) is 28.8 Å². The van der Waals surface area contributed by atoms with Gasteiger partial charge < -0.3 is 9.73 Å². The number of hydrogen-bond acceptors (Lipinski definition) is 4. The van der Waals surface area contributed by atoms with E-state index in [1.54, 1.807) is 25.3 Å². The van der Waals surface area contributed by atoms with Gasteiger partial charge in [0.1, 0.15) is 12.1 Å². The Hall–Kier alpha value is -2.78. The van der Waals surface area contributed by atoms with Crippen molar-refractivity contribution in [1.82, 2.24) is 9.78 Å². The van der Waals surface area contributed by atoms with Crippen molar-refractivity contribution in [2.45, 2.75) is 20.4 Å². The molecular weight excluding hydrogens is 316 g/mol. The zero-order valence-electron chi connectivity index (χ0n) is 12.6. The standard InChI is InChI=1S/C16H13ClN4O2/c1-9-7-13-11(8-12(9)17)10(2)15(23-13)16(22)19-14-3-5-21(20-14)6-4-18/h3,5,7-8H,6H2,1-2H3,(H,19,20,22). The molecule has 0 unspecified atom stereocenters. The smallest absolute Gasteiger partial charge is 0.292 e. The lowest BCUT2D eigenvalue weighted by Gasteiger charge is -1.99. The van der Waals surface area contributed by atoms with Gasteiger partial charge in [0, 0.05) is 28.2 Å². The first-order valence-electron chi connectivity index (χ1n) is 6.90. The van der Waals surface area contributed by atoms with Crippen molar-refractivity contribution in [3.05, 3.63) is 46.3 Å². The minimum absolute atomic E-state index is 0.122. The van der Waals surface area contributed by atoms with Crippen LogP contribution >= 0.6 is 11.6 Å². The first-order valence-corrected chi connectivity index (χ1v) is 7.28. The molecule has 0 spiro atoms.